The summed E-state index contributed by atoms with van der Waals surface area (Å²) in [5.74, 6) is 0.341. The summed E-state index contributed by atoms with van der Waals surface area (Å²) in [6, 6.07) is 0.167. The highest BCUT2D eigenvalue weighted by Gasteiger charge is 2.13. The summed E-state index contributed by atoms with van der Waals surface area (Å²) in [6.45, 7) is 2.82. The average Bonchev–Trinajstić information content (AvgIpc) is 2.28. The number of rotatable bonds is 7. The molecule has 1 aromatic heterocycles. The third kappa shape index (κ3) is 4.59. The van der Waals surface area contributed by atoms with Crippen molar-refractivity contribution in [2.45, 2.75) is 13.0 Å². The number of hydrogen-bond donors (Lipinski definition) is 1. The van der Waals surface area contributed by atoms with Crippen LogP contribution in [-0.4, -0.2) is 60.1 Å². The number of aliphatic hydroxyl groups is 1. The van der Waals surface area contributed by atoms with Crippen LogP contribution in [0.15, 0.2) is 0 Å². The molecule has 0 saturated carbocycles. The fourth-order valence-corrected chi connectivity index (χ4v) is 1.48. The molecule has 1 heterocycles. The van der Waals surface area contributed by atoms with Crippen LogP contribution in [0.25, 0.3) is 0 Å². The molecule has 0 fully saturated rings. The van der Waals surface area contributed by atoms with Crippen LogP contribution in [0.1, 0.15) is 6.92 Å². The summed E-state index contributed by atoms with van der Waals surface area (Å²) in [6.07, 6.45) is -0.633. The van der Waals surface area contributed by atoms with E-state index in [0.717, 1.165) is 0 Å². The summed E-state index contributed by atoms with van der Waals surface area (Å²) in [5.41, 5.74) is 0. The van der Waals surface area contributed by atoms with Gasteiger partial charge in [-0.3, -0.25) is 0 Å². The molecule has 0 aliphatic rings. The summed E-state index contributed by atoms with van der Waals surface area (Å²) in [4.78, 5) is 13.5. The van der Waals surface area contributed by atoms with Gasteiger partial charge in [-0.1, -0.05) is 0 Å². The standard InChI is InChI=1S/C10H17ClN4O3/c1-4-18-10-13-8(11)12-9(14-10)15(2)5-7(16)6-17-3/h7,16H,4-6H2,1-3H3. The first-order valence-corrected chi connectivity index (χ1v) is 5.87. The van der Waals surface area contributed by atoms with Gasteiger partial charge in [0.05, 0.1) is 19.3 Å². The van der Waals surface area contributed by atoms with E-state index in [1.54, 1.807) is 11.9 Å². The monoisotopic (exact) mass is 276 g/mol. The Morgan fingerprint density at radius 1 is 1.39 bits per heavy atom. The first-order valence-electron chi connectivity index (χ1n) is 5.49. The van der Waals surface area contributed by atoms with Crippen LogP contribution >= 0.6 is 11.6 Å². The Balaban J connectivity index is 2.74. The van der Waals surface area contributed by atoms with Crippen LogP contribution in [-0.2, 0) is 4.74 Å². The first-order chi connectivity index (χ1) is 8.56. The van der Waals surface area contributed by atoms with Crippen molar-refractivity contribution in [2.24, 2.45) is 0 Å². The lowest BCUT2D eigenvalue weighted by Crippen LogP contribution is -2.33. The number of halogens is 1. The van der Waals surface area contributed by atoms with Gasteiger partial charge < -0.3 is 19.5 Å². The maximum atomic E-state index is 9.62. The smallest absolute Gasteiger partial charge is 0.322 e. The van der Waals surface area contributed by atoms with Gasteiger partial charge in [0.1, 0.15) is 0 Å². The molecule has 0 bridgehead atoms. The van der Waals surface area contributed by atoms with Crippen molar-refractivity contribution in [3.05, 3.63) is 5.28 Å². The van der Waals surface area contributed by atoms with Crippen LogP contribution in [0, 0.1) is 0 Å². The molecule has 7 nitrogen and oxygen atoms in total. The second-order valence-corrected chi connectivity index (χ2v) is 3.95. The number of hydrogen-bond acceptors (Lipinski definition) is 7. The van der Waals surface area contributed by atoms with Crippen molar-refractivity contribution in [2.75, 3.05) is 38.8 Å². The molecular weight excluding hydrogens is 260 g/mol. The van der Waals surface area contributed by atoms with Gasteiger partial charge >= 0.3 is 6.01 Å². The normalized spacial score (nSPS) is 12.3. The second kappa shape index (κ2) is 7.30. The van der Waals surface area contributed by atoms with Crippen molar-refractivity contribution in [3.63, 3.8) is 0 Å². The number of anilines is 1. The Hall–Kier alpha value is -1.18. The quantitative estimate of drug-likeness (QED) is 0.770. The Kier molecular flexibility index (Phi) is 6.03. The third-order valence-electron chi connectivity index (χ3n) is 2.03. The van der Waals surface area contributed by atoms with E-state index < -0.39 is 6.10 Å². The minimum atomic E-state index is -0.633. The Labute approximate surface area is 111 Å². The van der Waals surface area contributed by atoms with Gasteiger partial charge in [0, 0.05) is 20.7 Å². The number of aromatic nitrogens is 3. The third-order valence-corrected chi connectivity index (χ3v) is 2.20. The highest BCUT2D eigenvalue weighted by Crippen LogP contribution is 2.14. The molecule has 0 aromatic carbocycles. The van der Waals surface area contributed by atoms with Crippen LogP contribution in [0.3, 0.4) is 0 Å². The fourth-order valence-electron chi connectivity index (χ4n) is 1.33. The maximum absolute atomic E-state index is 9.62. The molecule has 0 amide bonds. The molecule has 1 N–H and O–H groups in total. The minimum absolute atomic E-state index is 0.0523. The lowest BCUT2D eigenvalue weighted by Gasteiger charge is -2.20. The summed E-state index contributed by atoms with van der Waals surface area (Å²) >= 11 is 5.77. The molecule has 1 atom stereocenters. The molecule has 0 aliphatic carbocycles. The molecule has 1 unspecified atom stereocenters. The van der Waals surface area contributed by atoms with Gasteiger partial charge in [0.15, 0.2) is 0 Å². The van der Waals surface area contributed by atoms with E-state index in [1.165, 1.54) is 7.11 Å². The summed E-state index contributed by atoms with van der Waals surface area (Å²) < 4.78 is 10.0. The van der Waals surface area contributed by atoms with Crippen LogP contribution < -0.4 is 9.64 Å². The number of likely N-dealkylation sites (N-methyl/N-ethyl adjacent to an activating group) is 1. The van der Waals surface area contributed by atoms with Gasteiger partial charge in [0.25, 0.3) is 0 Å². The SMILES string of the molecule is CCOc1nc(Cl)nc(N(C)CC(O)COC)n1. The molecule has 0 aliphatic heterocycles. The van der Waals surface area contributed by atoms with Gasteiger partial charge in [0.2, 0.25) is 11.2 Å². The number of ether oxygens (including phenoxy) is 2. The molecule has 1 aromatic rings. The Bertz CT molecular complexity index is 380. The second-order valence-electron chi connectivity index (χ2n) is 3.61. The Morgan fingerprint density at radius 2 is 2.11 bits per heavy atom. The topological polar surface area (TPSA) is 80.6 Å². The van der Waals surface area contributed by atoms with E-state index in [0.29, 0.717) is 19.1 Å². The van der Waals surface area contributed by atoms with Crippen molar-refractivity contribution in [3.8, 4) is 6.01 Å². The zero-order valence-electron chi connectivity index (χ0n) is 10.6. The van der Waals surface area contributed by atoms with E-state index in [4.69, 9.17) is 21.1 Å². The number of methoxy groups -OCH3 is 1. The van der Waals surface area contributed by atoms with Crippen LogP contribution in [0.4, 0.5) is 5.95 Å². The molecule has 8 heteroatoms. The maximum Gasteiger partial charge on any atom is 0.322 e. The Morgan fingerprint density at radius 3 is 2.72 bits per heavy atom. The van der Waals surface area contributed by atoms with Crippen molar-refractivity contribution < 1.29 is 14.6 Å². The number of nitrogens with zero attached hydrogens (tertiary/aromatic N) is 4. The molecular formula is C10H17ClN4O3. The van der Waals surface area contributed by atoms with E-state index >= 15 is 0 Å². The van der Waals surface area contributed by atoms with E-state index in [1.807, 2.05) is 6.92 Å². The molecule has 0 saturated heterocycles. The van der Waals surface area contributed by atoms with E-state index in [-0.39, 0.29) is 17.9 Å². The molecule has 0 spiro atoms. The van der Waals surface area contributed by atoms with Crippen molar-refractivity contribution in [1.29, 1.82) is 0 Å². The molecule has 102 valence electrons. The van der Waals surface area contributed by atoms with Gasteiger partial charge in [-0.05, 0) is 18.5 Å². The van der Waals surface area contributed by atoms with Crippen LogP contribution in [0.2, 0.25) is 5.28 Å². The first kappa shape index (κ1) is 14.9. The number of aliphatic hydroxyl groups excluding tert-OH is 1. The lowest BCUT2D eigenvalue weighted by atomic mass is 10.3. The largest absolute Gasteiger partial charge is 0.464 e. The summed E-state index contributed by atoms with van der Waals surface area (Å²) in [7, 11) is 3.26. The molecule has 0 radical (unpaired) electrons. The lowest BCUT2D eigenvalue weighted by molar-refractivity contribution is 0.0693. The van der Waals surface area contributed by atoms with E-state index in [9.17, 15) is 5.11 Å². The van der Waals surface area contributed by atoms with Crippen molar-refractivity contribution in [1.82, 2.24) is 15.0 Å². The summed E-state index contributed by atoms with van der Waals surface area (Å²) in [5, 5.41) is 9.67. The highest BCUT2D eigenvalue weighted by molar-refractivity contribution is 6.28. The van der Waals surface area contributed by atoms with Gasteiger partial charge in [-0.2, -0.15) is 15.0 Å². The minimum Gasteiger partial charge on any atom is -0.464 e. The van der Waals surface area contributed by atoms with Gasteiger partial charge in [-0.25, -0.2) is 0 Å². The zero-order valence-corrected chi connectivity index (χ0v) is 11.4. The van der Waals surface area contributed by atoms with Crippen LogP contribution in [0.5, 0.6) is 6.01 Å². The predicted molar refractivity (Wildman–Crippen MR) is 67.2 cm³/mol. The molecule has 1 rings (SSSR count). The van der Waals surface area contributed by atoms with Crippen molar-refractivity contribution >= 4 is 17.5 Å². The van der Waals surface area contributed by atoms with Gasteiger partial charge in [-0.15, -0.1) is 0 Å². The van der Waals surface area contributed by atoms with E-state index in [2.05, 4.69) is 15.0 Å². The predicted octanol–water partition coefficient (Wildman–Crippen LogP) is 0.367. The molecule has 18 heavy (non-hydrogen) atoms. The average molecular weight is 277 g/mol. The fraction of sp³-hybridized carbons (Fsp3) is 0.700. The zero-order chi connectivity index (χ0) is 13.5. The highest BCUT2D eigenvalue weighted by atomic mass is 35.5.